The average molecular weight is 331 g/mol. The molecule has 1 aliphatic heterocycles. The van der Waals surface area contributed by atoms with Gasteiger partial charge >= 0.3 is 6.03 Å². The number of carbonyl (C=O) groups is 2. The zero-order chi connectivity index (χ0) is 17.9. The quantitative estimate of drug-likeness (QED) is 0.906. The second-order valence-corrected chi connectivity index (χ2v) is 6.99. The minimum atomic E-state index is -0.0401. The number of benzene rings is 1. The van der Waals surface area contributed by atoms with E-state index in [1.54, 1.807) is 4.90 Å². The fourth-order valence-electron chi connectivity index (χ4n) is 3.02. The van der Waals surface area contributed by atoms with E-state index in [4.69, 9.17) is 0 Å². The van der Waals surface area contributed by atoms with Gasteiger partial charge < -0.3 is 15.1 Å². The van der Waals surface area contributed by atoms with Gasteiger partial charge in [-0.15, -0.1) is 0 Å². The van der Waals surface area contributed by atoms with Crippen molar-refractivity contribution < 1.29 is 9.59 Å². The molecule has 1 aliphatic rings. The molecular weight excluding hydrogens is 302 g/mol. The minimum Gasteiger partial charge on any atom is -0.337 e. The van der Waals surface area contributed by atoms with Gasteiger partial charge in [0.1, 0.15) is 0 Å². The lowest BCUT2D eigenvalue weighted by molar-refractivity contribution is 0.0761. The summed E-state index contributed by atoms with van der Waals surface area (Å²) in [6.45, 7) is 12.5. The Hall–Kier alpha value is -2.04. The van der Waals surface area contributed by atoms with Gasteiger partial charge in [0.25, 0.3) is 5.91 Å². The Morgan fingerprint density at radius 3 is 2.17 bits per heavy atom. The second-order valence-electron chi connectivity index (χ2n) is 6.99. The van der Waals surface area contributed by atoms with Crippen molar-refractivity contribution in [3.05, 3.63) is 34.4 Å². The SMILES string of the molecule is Cc1cc(C)c(C(=O)N2CCCN(C(=O)NC(C)C)CC2)cc1C. The van der Waals surface area contributed by atoms with Crippen LogP contribution in [0.4, 0.5) is 4.79 Å². The lowest BCUT2D eigenvalue weighted by atomic mass is 10.00. The zero-order valence-corrected chi connectivity index (χ0v) is 15.5. The summed E-state index contributed by atoms with van der Waals surface area (Å²) in [6, 6.07) is 4.14. The molecule has 1 aromatic rings. The molecule has 1 heterocycles. The van der Waals surface area contributed by atoms with Crippen LogP contribution in [0.5, 0.6) is 0 Å². The van der Waals surface area contributed by atoms with Gasteiger partial charge in [0.2, 0.25) is 0 Å². The van der Waals surface area contributed by atoms with Crippen molar-refractivity contribution in [2.24, 2.45) is 0 Å². The molecular formula is C19H29N3O2. The monoisotopic (exact) mass is 331 g/mol. The smallest absolute Gasteiger partial charge is 0.317 e. The van der Waals surface area contributed by atoms with E-state index in [9.17, 15) is 9.59 Å². The largest absolute Gasteiger partial charge is 0.337 e. The summed E-state index contributed by atoms with van der Waals surface area (Å²) in [5.41, 5.74) is 4.13. The Morgan fingerprint density at radius 1 is 0.917 bits per heavy atom. The molecule has 0 aliphatic carbocycles. The number of nitrogens with one attached hydrogen (secondary N) is 1. The topological polar surface area (TPSA) is 52.7 Å². The molecule has 0 unspecified atom stereocenters. The minimum absolute atomic E-state index is 0.0401. The number of hydrogen-bond donors (Lipinski definition) is 1. The molecule has 1 aromatic carbocycles. The van der Waals surface area contributed by atoms with Gasteiger partial charge in [0.05, 0.1) is 0 Å². The van der Waals surface area contributed by atoms with Crippen molar-refractivity contribution in [2.75, 3.05) is 26.2 Å². The summed E-state index contributed by atoms with van der Waals surface area (Å²) in [4.78, 5) is 28.7. The molecule has 5 nitrogen and oxygen atoms in total. The normalized spacial score (nSPS) is 15.4. The van der Waals surface area contributed by atoms with Crippen molar-refractivity contribution in [3.8, 4) is 0 Å². The van der Waals surface area contributed by atoms with Gasteiger partial charge in [-0.25, -0.2) is 4.79 Å². The molecule has 0 atom stereocenters. The molecule has 0 spiro atoms. The Morgan fingerprint density at radius 2 is 1.50 bits per heavy atom. The van der Waals surface area contributed by atoms with E-state index >= 15 is 0 Å². The molecule has 5 heteroatoms. The molecule has 132 valence electrons. The van der Waals surface area contributed by atoms with E-state index in [1.807, 2.05) is 38.7 Å². The first-order valence-electron chi connectivity index (χ1n) is 8.72. The molecule has 1 saturated heterocycles. The van der Waals surface area contributed by atoms with Crippen LogP contribution in [0.3, 0.4) is 0 Å². The van der Waals surface area contributed by atoms with Crippen LogP contribution >= 0.6 is 0 Å². The Bertz CT molecular complexity index is 625. The summed E-state index contributed by atoms with van der Waals surface area (Å²) < 4.78 is 0. The van der Waals surface area contributed by atoms with Gasteiger partial charge in [-0.3, -0.25) is 4.79 Å². The summed E-state index contributed by atoms with van der Waals surface area (Å²) in [5, 5.41) is 2.92. The van der Waals surface area contributed by atoms with Crippen LogP contribution in [0.2, 0.25) is 0 Å². The first-order valence-corrected chi connectivity index (χ1v) is 8.72. The number of rotatable bonds is 2. The first-order chi connectivity index (χ1) is 11.3. The van der Waals surface area contributed by atoms with Crippen LogP contribution in [0.1, 0.15) is 47.3 Å². The number of hydrogen-bond acceptors (Lipinski definition) is 2. The maximum atomic E-state index is 12.9. The van der Waals surface area contributed by atoms with Gasteiger partial charge in [-0.05, 0) is 63.8 Å². The highest BCUT2D eigenvalue weighted by atomic mass is 16.2. The standard InChI is InChI=1S/C19H29N3O2/c1-13(2)20-19(24)22-8-6-7-21(9-10-22)18(23)17-12-15(4)14(3)11-16(17)5/h11-13H,6-10H2,1-5H3,(H,20,24). The molecule has 0 radical (unpaired) electrons. The predicted octanol–water partition coefficient (Wildman–Crippen LogP) is 2.88. The lowest BCUT2D eigenvalue weighted by Crippen LogP contribution is -2.44. The molecule has 1 fully saturated rings. The highest BCUT2D eigenvalue weighted by Crippen LogP contribution is 2.18. The Labute approximate surface area is 145 Å². The van der Waals surface area contributed by atoms with Gasteiger partial charge in [-0.1, -0.05) is 6.07 Å². The summed E-state index contributed by atoms with van der Waals surface area (Å²) in [7, 11) is 0. The number of urea groups is 1. The summed E-state index contributed by atoms with van der Waals surface area (Å²) in [6.07, 6.45) is 0.807. The Balaban J connectivity index is 2.07. The third-order valence-corrected chi connectivity index (χ3v) is 4.55. The van der Waals surface area contributed by atoms with E-state index < -0.39 is 0 Å². The third kappa shape index (κ3) is 4.28. The van der Waals surface area contributed by atoms with E-state index in [0.29, 0.717) is 26.2 Å². The highest BCUT2D eigenvalue weighted by molar-refractivity contribution is 5.96. The van der Waals surface area contributed by atoms with Crippen LogP contribution in [0, 0.1) is 20.8 Å². The van der Waals surface area contributed by atoms with E-state index in [0.717, 1.165) is 23.1 Å². The van der Waals surface area contributed by atoms with Crippen LogP contribution in [0.15, 0.2) is 12.1 Å². The van der Waals surface area contributed by atoms with Crippen LogP contribution < -0.4 is 5.32 Å². The van der Waals surface area contributed by atoms with Gasteiger partial charge in [-0.2, -0.15) is 0 Å². The van der Waals surface area contributed by atoms with Crippen molar-refractivity contribution in [1.29, 1.82) is 0 Å². The Kier molecular flexibility index (Phi) is 5.86. The van der Waals surface area contributed by atoms with Crippen molar-refractivity contribution in [3.63, 3.8) is 0 Å². The number of carbonyl (C=O) groups excluding carboxylic acids is 2. The van der Waals surface area contributed by atoms with Crippen molar-refractivity contribution in [1.82, 2.24) is 15.1 Å². The lowest BCUT2D eigenvalue weighted by Gasteiger charge is -2.24. The second kappa shape index (κ2) is 7.69. The average Bonchev–Trinajstić information content (AvgIpc) is 2.75. The maximum absolute atomic E-state index is 12.9. The van der Waals surface area contributed by atoms with E-state index in [-0.39, 0.29) is 18.0 Å². The molecule has 0 bridgehead atoms. The molecule has 0 aromatic heterocycles. The summed E-state index contributed by atoms with van der Waals surface area (Å²) >= 11 is 0. The zero-order valence-electron chi connectivity index (χ0n) is 15.5. The molecule has 1 N–H and O–H groups in total. The van der Waals surface area contributed by atoms with Gasteiger partial charge in [0, 0.05) is 37.8 Å². The van der Waals surface area contributed by atoms with Crippen molar-refractivity contribution >= 4 is 11.9 Å². The fraction of sp³-hybridized carbons (Fsp3) is 0.579. The van der Waals surface area contributed by atoms with Crippen LogP contribution in [0.25, 0.3) is 0 Å². The summed E-state index contributed by atoms with van der Waals surface area (Å²) in [5.74, 6) is 0.0710. The van der Waals surface area contributed by atoms with Crippen LogP contribution in [-0.2, 0) is 0 Å². The van der Waals surface area contributed by atoms with Crippen LogP contribution in [-0.4, -0.2) is 54.0 Å². The fourth-order valence-corrected chi connectivity index (χ4v) is 3.02. The molecule has 24 heavy (non-hydrogen) atoms. The highest BCUT2D eigenvalue weighted by Gasteiger charge is 2.24. The van der Waals surface area contributed by atoms with E-state index in [1.165, 1.54) is 5.56 Å². The molecule has 0 saturated carbocycles. The number of nitrogens with zero attached hydrogens (tertiary/aromatic N) is 2. The van der Waals surface area contributed by atoms with Gasteiger partial charge in [0.15, 0.2) is 0 Å². The molecule has 2 rings (SSSR count). The number of aryl methyl sites for hydroxylation is 3. The molecule has 3 amide bonds. The van der Waals surface area contributed by atoms with Crippen molar-refractivity contribution in [2.45, 2.75) is 47.1 Å². The first kappa shape index (κ1) is 18.3. The maximum Gasteiger partial charge on any atom is 0.317 e. The van der Waals surface area contributed by atoms with E-state index in [2.05, 4.69) is 18.3 Å². The predicted molar refractivity (Wildman–Crippen MR) is 96.4 cm³/mol. The number of amides is 3. The third-order valence-electron chi connectivity index (χ3n) is 4.55.